The van der Waals surface area contributed by atoms with Gasteiger partial charge in [0, 0.05) is 7.05 Å². The lowest BCUT2D eigenvalue weighted by atomic mass is 10.2. The summed E-state index contributed by atoms with van der Waals surface area (Å²) in [4.78, 5) is 30.0. The fourth-order valence-corrected chi connectivity index (χ4v) is 2.71. The Morgan fingerprint density at radius 3 is 2.65 bits per heavy atom. The second kappa shape index (κ2) is 7.04. The van der Waals surface area contributed by atoms with E-state index in [1.54, 1.807) is 0 Å². The van der Waals surface area contributed by atoms with Crippen LogP contribution in [0, 0.1) is 0 Å². The van der Waals surface area contributed by atoms with Gasteiger partial charge in [0.15, 0.2) is 11.2 Å². The van der Waals surface area contributed by atoms with Crippen LogP contribution in [0.3, 0.4) is 0 Å². The summed E-state index contributed by atoms with van der Waals surface area (Å²) < 4.78 is 8.15. The Hall–Kier alpha value is -3.07. The number of aliphatic hydroxyl groups is 1. The number of aromatic nitrogens is 4. The highest BCUT2D eigenvalue weighted by molar-refractivity contribution is 5.73. The van der Waals surface area contributed by atoms with E-state index in [2.05, 4.69) is 16.9 Å². The van der Waals surface area contributed by atoms with E-state index in [9.17, 15) is 14.7 Å². The molecule has 0 radical (unpaired) electrons. The molecule has 0 amide bonds. The van der Waals surface area contributed by atoms with E-state index in [1.807, 2.05) is 24.3 Å². The number of fused-ring (bicyclic) bond motifs is 1. The monoisotopic (exact) mass is 359 g/mol. The second-order valence-electron chi connectivity index (χ2n) is 6.03. The third-order valence-corrected chi connectivity index (χ3v) is 4.20. The number of nitrogens with one attached hydrogen (secondary N) is 1. The Morgan fingerprint density at radius 1 is 1.31 bits per heavy atom. The molecule has 0 spiro atoms. The lowest BCUT2D eigenvalue weighted by Crippen LogP contribution is -2.30. The number of hydrogen-bond acceptors (Lipinski definition) is 6. The molecule has 1 aromatic carbocycles. The first-order valence-corrected chi connectivity index (χ1v) is 8.25. The number of nitrogens with zero attached hydrogens (tertiary/aromatic N) is 3. The van der Waals surface area contributed by atoms with Crippen LogP contribution in [-0.4, -0.2) is 36.9 Å². The summed E-state index contributed by atoms with van der Waals surface area (Å²) in [5.41, 5.74) is 6.18. The molecule has 0 unspecified atom stereocenters. The van der Waals surface area contributed by atoms with Gasteiger partial charge in [-0.05, 0) is 24.1 Å². The number of aromatic amines is 1. The molecule has 9 heteroatoms. The number of anilines is 1. The summed E-state index contributed by atoms with van der Waals surface area (Å²) >= 11 is 0. The lowest BCUT2D eigenvalue weighted by molar-refractivity contribution is 0.0939. The second-order valence-corrected chi connectivity index (χ2v) is 6.03. The molecule has 0 bridgehead atoms. The minimum absolute atomic E-state index is 0.0106. The van der Waals surface area contributed by atoms with Crippen LogP contribution in [0.2, 0.25) is 0 Å². The molecule has 26 heavy (non-hydrogen) atoms. The highest BCUT2D eigenvalue weighted by Crippen LogP contribution is 2.15. The first kappa shape index (κ1) is 17.7. The van der Waals surface area contributed by atoms with Crippen molar-refractivity contribution in [2.24, 2.45) is 7.05 Å². The molecule has 4 N–H and O–H groups in total. The largest absolute Gasteiger partial charge is 0.491 e. The minimum atomic E-state index is -0.919. The van der Waals surface area contributed by atoms with Crippen molar-refractivity contribution in [3.8, 4) is 5.75 Å². The first-order valence-electron chi connectivity index (χ1n) is 8.25. The normalized spacial score (nSPS) is 12.4. The number of aryl methyl sites for hydroxylation is 2. The van der Waals surface area contributed by atoms with Crippen molar-refractivity contribution in [3.63, 3.8) is 0 Å². The Balaban J connectivity index is 1.78. The third kappa shape index (κ3) is 3.33. The van der Waals surface area contributed by atoms with E-state index in [0.717, 1.165) is 6.42 Å². The van der Waals surface area contributed by atoms with Gasteiger partial charge in [-0.3, -0.25) is 14.3 Å². The number of benzene rings is 1. The van der Waals surface area contributed by atoms with Gasteiger partial charge in [-0.2, -0.15) is 4.98 Å². The Labute approximate surface area is 148 Å². The maximum absolute atomic E-state index is 12.1. The summed E-state index contributed by atoms with van der Waals surface area (Å²) in [5.74, 6) is 0.683. The van der Waals surface area contributed by atoms with E-state index < -0.39 is 17.4 Å². The van der Waals surface area contributed by atoms with Gasteiger partial charge in [-0.25, -0.2) is 4.79 Å². The smallest absolute Gasteiger partial charge is 0.329 e. The average Bonchev–Trinajstić information content (AvgIpc) is 2.95. The van der Waals surface area contributed by atoms with E-state index in [0.29, 0.717) is 5.75 Å². The molecule has 138 valence electrons. The van der Waals surface area contributed by atoms with Crippen molar-refractivity contribution in [2.75, 3.05) is 12.3 Å². The molecule has 0 aliphatic rings. The van der Waals surface area contributed by atoms with Crippen LogP contribution in [0.15, 0.2) is 33.9 Å². The van der Waals surface area contributed by atoms with Gasteiger partial charge in [-0.15, -0.1) is 0 Å². The average molecular weight is 359 g/mol. The van der Waals surface area contributed by atoms with E-state index in [-0.39, 0.29) is 30.3 Å². The maximum Gasteiger partial charge on any atom is 0.329 e. The molecule has 1 atom stereocenters. The highest BCUT2D eigenvalue weighted by Gasteiger charge is 2.18. The number of H-pyrrole nitrogens is 1. The van der Waals surface area contributed by atoms with Gasteiger partial charge in [0.25, 0.3) is 5.56 Å². The zero-order chi connectivity index (χ0) is 18.8. The fraction of sp³-hybridized carbons (Fsp3) is 0.353. The van der Waals surface area contributed by atoms with Crippen LogP contribution in [0.5, 0.6) is 5.75 Å². The van der Waals surface area contributed by atoms with Crippen molar-refractivity contribution in [1.82, 2.24) is 19.1 Å². The predicted octanol–water partition coefficient (Wildman–Crippen LogP) is 0.00780. The SMILES string of the molecule is CCc1ccc(OC[C@@H](O)Cn2c(N)nc3c2c(=O)[nH]c(=O)n3C)cc1. The molecule has 0 aliphatic heterocycles. The van der Waals surface area contributed by atoms with Crippen molar-refractivity contribution in [1.29, 1.82) is 0 Å². The number of hydrogen-bond donors (Lipinski definition) is 3. The summed E-state index contributed by atoms with van der Waals surface area (Å²) in [6.07, 6.45) is 0.0182. The molecule has 2 aromatic heterocycles. The first-order chi connectivity index (χ1) is 12.4. The zero-order valence-electron chi connectivity index (χ0n) is 14.6. The van der Waals surface area contributed by atoms with E-state index in [1.165, 1.54) is 21.7 Å². The van der Waals surface area contributed by atoms with Crippen LogP contribution >= 0.6 is 0 Å². The van der Waals surface area contributed by atoms with Crippen molar-refractivity contribution in [2.45, 2.75) is 26.0 Å². The van der Waals surface area contributed by atoms with E-state index >= 15 is 0 Å². The zero-order valence-corrected chi connectivity index (χ0v) is 14.6. The van der Waals surface area contributed by atoms with Gasteiger partial charge in [0.05, 0.1) is 6.54 Å². The molecule has 0 saturated heterocycles. The van der Waals surface area contributed by atoms with Gasteiger partial charge >= 0.3 is 5.69 Å². The molecule has 0 fully saturated rings. The molecular weight excluding hydrogens is 338 g/mol. The van der Waals surface area contributed by atoms with Gasteiger partial charge < -0.3 is 20.1 Å². The summed E-state index contributed by atoms with van der Waals surface area (Å²) in [7, 11) is 1.48. The number of rotatable bonds is 6. The van der Waals surface area contributed by atoms with Crippen molar-refractivity contribution in [3.05, 3.63) is 50.7 Å². The molecule has 2 heterocycles. The minimum Gasteiger partial charge on any atom is -0.491 e. The summed E-state index contributed by atoms with van der Waals surface area (Å²) in [6, 6.07) is 7.60. The van der Waals surface area contributed by atoms with Gasteiger partial charge in [0.2, 0.25) is 5.95 Å². The quantitative estimate of drug-likeness (QED) is 0.569. The van der Waals surface area contributed by atoms with Crippen LogP contribution < -0.4 is 21.7 Å². The lowest BCUT2D eigenvalue weighted by Gasteiger charge is -2.14. The molecule has 3 aromatic rings. The number of nitrogens with two attached hydrogens (primary N) is 1. The number of aliphatic hydroxyl groups excluding tert-OH is 1. The Morgan fingerprint density at radius 2 is 2.00 bits per heavy atom. The predicted molar refractivity (Wildman–Crippen MR) is 97.3 cm³/mol. The number of ether oxygens (including phenoxy) is 1. The third-order valence-electron chi connectivity index (χ3n) is 4.20. The highest BCUT2D eigenvalue weighted by atomic mass is 16.5. The number of nitrogen functional groups attached to an aromatic ring is 1. The molecule has 9 nitrogen and oxygen atoms in total. The fourth-order valence-electron chi connectivity index (χ4n) is 2.71. The van der Waals surface area contributed by atoms with Crippen LogP contribution in [-0.2, 0) is 20.0 Å². The standard InChI is InChI=1S/C17H21N5O4/c1-3-10-4-6-12(7-5-10)26-9-11(23)8-22-13-14(19-16(22)18)21(2)17(25)20-15(13)24/h4-7,11,23H,3,8-9H2,1-2H3,(H2,18,19)(H,20,24,25)/t11-/m0/s1. The van der Waals surface area contributed by atoms with Crippen LogP contribution in [0.25, 0.3) is 11.2 Å². The van der Waals surface area contributed by atoms with E-state index in [4.69, 9.17) is 10.5 Å². The Bertz CT molecular complexity index is 1030. The molecule has 3 rings (SSSR count). The van der Waals surface area contributed by atoms with Gasteiger partial charge in [-0.1, -0.05) is 19.1 Å². The summed E-state index contributed by atoms with van der Waals surface area (Å²) in [6.45, 7) is 2.10. The molecule has 0 aliphatic carbocycles. The number of imidazole rings is 1. The molecule has 0 saturated carbocycles. The van der Waals surface area contributed by atoms with Crippen LogP contribution in [0.1, 0.15) is 12.5 Å². The summed E-state index contributed by atoms with van der Waals surface area (Å²) in [5, 5.41) is 10.3. The van der Waals surface area contributed by atoms with Crippen molar-refractivity contribution < 1.29 is 9.84 Å². The Kier molecular flexibility index (Phi) is 4.81. The van der Waals surface area contributed by atoms with Gasteiger partial charge in [0.1, 0.15) is 18.5 Å². The van der Waals surface area contributed by atoms with Crippen molar-refractivity contribution >= 4 is 17.1 Å². The molecular formula is C17H21N5O4. The topological polar surface area (TPSA) is 128 Å². The van der Waals surface area contributed by atoms with Crippen LogP contribution in [0.4, 0.5) is 5.95 Å². The maximum atomic E-state index is 12.1.